The Morgan fingerprint density at radius 2 is 2.08 bits per heavy atom. The van der Waals surface area contributed by atoms with Crippen LogP contribution in [0.1, 0.15) is 12.1 Å². The Morgan fingerprint density at radius 1 is 1.24 bits per heavy atom. The van der Waals surface area contributed by atoms with Crippen LogP contribution in [0.2, 0.25) is 0 Å². The molecule has 4 aromatic rings. The first-order valence-electron chi connectivity index (χ1n) is 12.0. The van der Waals surface area contributed by atoms with Crippen LogP contribution < -0.4 is 10.1 Å². The quantitative estimate of drug-likeness (QED) is 0.368. The largest absolute Gasteiger partial charge is 0.496 e. The van der Waals surface area contributed by atoms with Crippen molar-refractivity contribution in [3.05, 3.63) is 66.5 Å². The van der Waals surface area contributed by atoms with Gasteiger partial charge in [-0.05, 0) is 47.9 Å². The fraction of sp³-hybridized carbons (Fsp3) is 0.269. The molecule has 0 aliphatic carbocycles. The Hall–Kier alpha value is -4.19. The molecule has 0 atom stereocenters. The lowest BCUT2D eigenvalue weighted by atomic mass is 10.0. The highest BCUT2D eigenvalue weighted by atomic mass is 32.2. The Kier molecular flexibility index (Phi) is 6.89. The molecule has 1 aromatic carbocycles. The lowest BCUT2D eigenvalue weighted by molar-refractivity contribution is 0.217. The molecule has 2 amide bonds. The van der Waals surface area contributed by atoms with Crippen LogP contribution in [0.4, 0.5) is 14.9 Å². The standard InChI is InChI=1S/C26H27FN6O4S/c1-37-24-4-3-18(27)13-21(24)20-5-8-28-25-22(20)14-23(31-25)17-6-9-32(10-7-17)26(34)30-19-15-29-33(16-19)11-12-38(2,35)36/h3-6,8,13-16H,7,9-12H2,1-2H3,(H,28,31)(H,30,34). The summed E-state index contributed by atoms with van der Waals surface area (Å²) in [7, 11) is -1.55. The van der Waals surface area contributed by atoms with Gasteiger partial charge in [-0.15, -0.1) is 0 Å². The molecule has 0 radical (unpaired) electrons. The average molecular weight is 539 g/mol. The van der Waals surface area contributed by atoms with E-state index in [9.17, 15) is 17.6 Å². The number of ether oxygens (including phenoxy) is 1. The Morgan fingerprint density at radius 3 is 2.82 bits per heavy atom. The first-order chi connectivity index (χ1) is 18.2. The number of aromatic nitrogens is 4. The molecule has 5 rings (SSSR count). The number of aryl methyl sites for hydroxylation is 1. The van der Waals surface area contributed by atoms with E-state index in [4.69, 9.17) is 4.74 Å². The minimum atomic E-state index is -3.10. The van der Waals surface area contributed by atoms with Crippen molar-refractivity contribution in [1.29, 1.82) is 0 Å². The monoisotopic (exact) mass is 538 g/mol. The van der Waals surface area contributed by atoms with Crippen LogP contribution in [0.5, 0.6) is 5.75 Å². The Balaban J connectivity index is 1.29. The average Bonchev–Trinajstić information content (AvgIpc) is 3.54. The SMILES string of the molecule is COc1ccc(F)cc1-c1ccnc2[nH]c(C3=CCN(C(=O)Nc4cnn(CCS(C)(=O)=O)c4)CC3)cc12. The van der Waals surface area contributed by atoms with E-state index in [0.29, 0.717) is 42.2 Å². The molecule has 0 bridgehead atoms. The van der Waals surface area contributed by atoms with E-state index < -0.39 is 9.84 Å². The van der Waals surface area contributed by atoms with E-state index in [0.717, 1.165) is 22.2 Å². The number of carbonyl (C=O) groups excluding carboxylic acids is 1. The molecule has 3 aromatic heterocycles. The van der Waals surface area contributed by atoms with Gasteiger partial charge < -0.3 is 19.9 Å². The smallest absolute Gasteiger partial charge is 0.322 e. The van der Waals surface area contributed by atoms with Crippen molar-refractivity contribution < 1.29 is 22.3 Å². The number of carbonyl (C=O) groups is 1. The van der Waals surface area contributed by atoms with Crippen LogP contribution >= 0.6 is 0 Å². The summed E-state index contributed by atoms with van der Waals surface area (Å²) in [5.74, 6) is 0.194. The molecule has 0 spiro atoms. The van der Waals surface area contributed by atoms with Gasteiger partial charge in [-0.3, -0.25) is 4.68 Å². The number of benzene rings is 1. The van der Waals surface area contributed by atoms with E-state index in [1.807, 2.05) is 18.2 Å². The second-order valence-electron chi connectivity index (χ2n) is 9.13. The molecule has 4 heterocycles. The van der Waals surface area contributed by atoms with Gasteiger partial charge in [-0.1, -0.05) is 6.08 Å². The number of anilines is 1. The molecular weight excluding hydrogens is 511 g/mol. The van der Waals surface area contributed by atoms with Crippen molar-refractivity contribution >= 4 is 38.2 Å². The number of amides is 2. The van der Waals surface area contributed by atoms with E-state index in [2.05, 4.69) is 20.4 Å². The second-order valence-corrected chi connectivity index (χ2v) is 11.4. The van der Waals surface area contributed by atoms with Gasteiger partial charge in [0.05, 0.1) is 31.3 Å². The predicted octanol–water partition coefficient (Wildman–Crippen LogP) is 3.94. The fourth-order valence-corrected chi connectivity index (χ4v) is 4.95. The molecule has 0 saturated carbocycles. The number of urea groups is 1. The summed E-state index contributed by atoms with van der Waals surface area (Å²) in [4.78, 5) is 22.2. The van der Waals surface area contributed by atoms with Crippen LogP contribution in [0.15, 0.2) is 55.0 Å². The summed E-state index contributed by atoms with van der Waals surface area (Å²) in [6.07, 6.45) is 8.57. The third-order valence-electron chi connectivity index (χ3n) is 6.40. The van der Waals surface area contributed by atoms with Crippen LogP contribution in [0.3, 0.4) is 0 Å². The normalized spacial score (nSPS) is 14.0. The maximum absolute atomic E-state index is 14.0. The number of pyridine rings is 1. The first kappa shape index (κ1) is 25.5. The van der Waals surface area contributed by atoms with E-state index in [-0.39, 0.29) is 24.1 Å². The molecule has 2 N–H and O–H groups in total. The second kappa shape index (κ2) is 10.3. The number of hydrogen-bond acceptors (Lipinski definition) is 6. The van der Waals surface area contributed by atoms with Gasteiger partial charge in [0.2, 0.25) is 0 Å². The molecule has 1 aliphatic heterocycles. The Labute approximate surface area is 219 Å². The highest BCUT2D eigenvalue weighted by Gasteiger charge is 2.21. The highest BCUT2D eigenvalue weighted by molar-refractivity contribution is 7.90. The summed E-state index contributed by atoms with van der Waals surface area (Å²) < 4.78 is 43.7. The molecule has 1 aliphatic rings. The van der Waals surface area contributed by atoms with Crippen LogP contribution in [0.25, 0.3) is 27.7 Å². The van der Waals surface area contributed by atoms with E-state index in [1.54, 1.807) is 30.5 Å². The van der Waals surface area contributed by atoms with E-state index in [1.165, 1.54) is 29.3 Å². The molecule has 0 fully saturated rings. The number of fused-ring (bicyclic) bond motifs is 1. The predicted molar refractivity (Wildman–Crippen MR) is 143 cm³/mol. The zero-order chi connectivity index (χ0) is 26.9. The fourth-order valence-electron chi connectivity index (χ4n) is 4.44. The Bertz CT molecular complexity index is 1640. The lowest BCUT2D eigenvalue weighted by Crippen LogP contribution is -2.37. The number of halogens is 1. The molecule has 12 heteroatoms. The summed E-state index contributed by atoms with van der Waals surface area (Å²) in [5, 5.41) is 7.76. The highest BCUT2D eigenvalue weighted by Crippen LogP contribution is 2.36. The van der Waals surface area contributed by atoms with Gasteiger partial charge in [0.25, 0.3) is 0 Å². The minimum absolute atomic E-state index is 0.0255. The number of rotatable bonds is 7. The maximum atomic E-state index is 14.0. The van der Waals surface area contributed by atoms with Crippen LogP contribution in [-0.2, 0) is 16.4 Å². The van der Waals surface area contributed by atoms with Crippen molar-refractivity contribution in [2.24, 2.45) is 0 Å². The van der Waals surface area contributed by atoms with Gasteiger partial charge in [0.1, 0.15) is 27.1 Å². The van der Waals surface area contributed by atoms with Gasteiger partial charge >= 0.3 is 6.03 Å². The van der Waals surface area contributed by atoms with Crippen LogP contribution in [0, 0.1) is 5.82 Å². The van der Waals surface area contributed by atoms with Crippen molar-refractivity contribution in [2.75, 3.05) is 37.5 Å². The van der Waals surface area contributed by atoms with Gasteiger partial charge in [0.15, 0.2) is 0 Å². The number of methoxy groups -OCH3 is 1. The number of aromatic amines is 1. The molecule has 10 nitrogen and oxygen atoms in total. The number of hydrogen-bond donors (Lipinski definition) is 2. The molecule has 38 heavy (non-hydrogen) atoms. The number of sulfone groups is 1. The van der Waals surface area contributed by atoms with Crippen molar-refractivity contribution in [2.45, 2.75) is 13.0 Å². The minimum Gasteiger partial charge on any atom is -0.496 e. The van der Waals surface area contributed by atoms with Crippen molar-refractivity contribution in [3.63, 3.8) is 0 Å². The molecule has 0 saturated heterocycles. The number of nitrogens with one attached hydrogen (secondary N) is 2. The molecular formula is C26H27FN6O4S. The van der Waals surface area contributed by atoms with Gasteiger partial charge in [-0.2, -0.15) is 5.10 Å². The van der Waals surface area contributed by atoms with Gasteiger partial charge in [-0.25, -0.2) is 22.6 Å². The maximum Gasteiger partial charge on any atom is 0.322 e. The zero-order valence-corrected chi connectivity index (χ0v) is 21.8. The molecule has 0 unspecified atom stereocenters. The summed E-state index contributed by atoms with van der Waals surface area (Å²) in [5.41, 5.74) is 4.58. The topological polar surface area (TPSA) is 122 Å². The third kappa shape index (κ3) is 5.54. The third-order valence-corrected chi connectivity index (χ3v) is 7.33. The lowest BCUT2D eigenvalue weighted by Gasteiger charge is -2.26. The number of nitrogens with zero attached hydrogens (tertiary/aromatic N) is 4. The first-order valence-corrected chi connectivity index (χ1v) is 14.0. The number of H-pyrrole nitrogens is 1. The van der Waals surface area contributed by atoms with E-state index >= 15 is 0 Å². The summed E-state index contributed by atoms with van der Waals surface area (Å²) in [6.45, 7) is 1.14. The van der Waals surface area contributed by atoms with Crippen molar-refractivity contribution in [1.82, 2.24) is 24.6 Å². The zero-order valence-electron chi connectivity index (χ0n) is 20.9. The summed E-state index contributed by atoms with van der Waals surface area (Å²) >= 11 is 0. The summed E-state index contributed by atoms with van der Waals surface area (Å²) in [6, 6.07) is 7.99. The molecule has 198 valence electrons. The van der Waals surface area contributed by atoms with Crippen LogP contribution in [-0.4, -0.2) is 71.3 Å². The van der Waals surface area contributed by atoms with Gasteiger partial charge in [0, 0.05) is 48.4 Å². The van der Waals surface area contributed by atoms with Crippen molar-refractivity contribution in [3.8, 4) is 16.9 Å².